The Hall–Kier alpha value is -3.26. The number of carbonyl (C=O) groups is 1. The summed E-state index contributed by atoms with van der Waals surface area (Å²) >= 11 is 1.23. The van der Waals surface area contributed by atoms with Gasteiger partial charge in [0.25, 0.3) is 5.91 Å². The first-order chi connectivity index (χ1) is 13.5. The molecule has 0 atom stereocenters. The van der Waals surface area contributed by atoms with Gasteiger partial charge in [-0.1, -0.05) is 24.3 Å². The lowest BCUT2D eigenvalue weighted by molar-refractivity contribution is -0.115. The summed E-state index contributed by atoms with van der Waals surface area (Å²) in [5.74, 6) is -0.705. The standard InChI is InChI=1S/C20H16FN5OS/c1-12-4-3-5-13(2)18(12)24-20-25-19(27)17(28-20)9-14-6-7-16(15(21)8-14)26-11-22-10-23-26/h3-11H,1-2H3,(H,24,25,27)/b17-9-. The van der Waals surface area contributed by atoms with Gasteiger partial charge in [0.2, 0.25) is 0 Å². The Bertz CT molecular complexity index is 1100. The Morgan fingerprint density at radius 3 is 2.68 bits per heavy atom. The highest BCUT2D eigenvalue weighted by molar-refractivity contribution is 8.18. The van der Waals surface area contributed by atoms with Gasteiger partial charge in [-0.05, 0) is 60.5 Å². The van der Waals surface area contributed by atoms with E-state index in [-0.39, 0.29) is 5.91 Å². The smallest absolute Gasteiger partial charge is 0.264 e. The van der Waals surface area contributed by atoms with E-state index in [9.17, 15) is 9.18 Å². The molecule has 0 spiro atoms. The van der Waals surface area contributed by atoms with Crippen LogP contribution in [0.2, 0.25) is 0 Å². The predicted octanol–water partition coefficient (Wildman–Crippen LogP) is 3.91. The molecule has 1 saturated heterocycles. The van der Waals surface area contributed by atoms with E-state index in [1.807, 2.05) is 32.0 Å². The minimum Gasteiger partial charge on any atom is -0.300 e. The number of aliphatic imine (C=N–C) groups is 1. The molecule has 0 aliphatic carbocycles. The second-order valence-electron chi connectivity index (χ2n) is 6.27. The molecule has 4 rings (SSSR count). The Morgan fingerprint density at radius 2 is 2.00 bits per heavy atom. The van der Waals surface area contributed by atoms with Crippen molar-refractivity contribution in [3.05, 3.63) is 76.5 Å². The molecule has 2 heterocycles. The first-order valence-corrected chi connectivity index (χ1v) is 9.33. The molecule has 28 heavy (non-hydrogen) atoms. The largest absolute Gasteiger partial charge is 0.300 e. The fourth-order valence-electron chi connectivity index (χ4n) is 2.85. The molecule has 0 radical (unpaired) electrons. The zero-order chi connectivity index (χ0) is 19.7. The van der Waals surface area contributed by atoms with Crippen LogP contribution in [0.5, 0.6) is 0 Å². The second kappa shape index (κ2) is 7.40. The number of rotatable bonds is 3. The van der Waals surface area contributed by atoms with Gasteiger partial charge in [-0.3, -0.25) is 4.79 Å². The summed E-state index contributed by atoms with van der Waals surface area (Å²) in [7, 11) is 0. The Balaban J connectivity index is 1.60. The van der Waals surface area contributed by atoms with E-state index in [1.165, 1.54) is 35.2 Å². The molecule has 140 valence electrons. The molecule has 1 aliphatic rings. The van der Waals surface area contributed by atoms with Gasteiger partial charge in [-0.2, -0.15) is 5.10 Å². The number of nitrogens with one attached hydrogen (secondary N) is 1. The first-order valence-electron chi connectivity index (χ1n) is 8.51. The number of nitrogens with zero attached hydrogens (tertiary/aromatic N) is 4. The normalized spacial score (nSPS) is 16.8. The number of para-hydroxylation sites is 1. The third kappa shape index (κ3) is 3.59. The van der Waals surface area contributed by atoms with Crippen molar-refractivity contribution < 1.29 is 9.18 Å². The number of aryl methyl sites for hydroxylation is 2. The van der Waals surface area contributed by atoms with E-state index in [0.29, 0.717) is 21.3 Å². The number of benzene rings is 2. The van der Waals surface area contributed by atoms with Crippen LogP contribution in [-0.2, 0) is 4.79 Å². The molecule has 2 aromatic carbocycles. The number of halogens is 1. The van der Waals surface area contributed by atoms with Crippen LogP contribution in [0.3, 0.4) is 0 Å². The molecular weight excluding hydrogens is 377 g/mol. The quantitative estimate of drug-likeness (QED) is 0.685. The number of hydrogen-bond acceptors (Lipinski definition) is 5. The number of hydrogen-bond donors (Lipinski definition) is 1. The van der Waals surface area contributed by atoms with E-state index in [2.05, 4.69) is 20.4 Å². The maximum atomic E-state index is 14.4. The number of amides is 1. The van der Waals surface area contributed by atoms with Gasteiger partial charge in [0.05, 0.1) is 10.6 Å². The SMILES string of the molecule is Cc1cccc(C)c1N=C1NC(=O)/C(=C/c2ccc(-n3cncn3)c(F)c2)S1. The fourth-order valence-corrected chi connectivity index (χ4v) is 3.67. The predicted molar refractivity (Wildman–Crippen MR) is 108 cm³/mol. The molecule has 0 unspecified atom stereocenters. The second-order valence-corrected chi connectivity index (χ2v) is 7.30. The third-order valence-electron chi connectivity index (χ3n) is 4.24. The topological polar surface area (TPSA) is 72.2 Å². The van der Waals surface area contributed by atoms with E-state index >= 15 is 0 Å². The van der Waals surface area contributed by atoms with Crippen molar-refractivity contribution in [3.8, 4) is 5.69 Å². The van der Waals surface area contributed by atoms with Gasteiger partial charge < -0.3 is 5.32 Å². The summed E-state index contributed by atoms with van der Waals surface area (Å²) in [5, 5.41) is 7.20. The molecule has 1 aliphatic heterocycles. The van der Waals surface area contributed by atoms with Crippen LogP contribution in [-0.4, -0.2) is 25.8 Å². The number of aromatic nitrogens is 3. The highest BCUT2D eigenvalue weighted by atomic mass is 32.2. The van der Waals surface area contributed by atoms with Crippen molar-refractivity contribution in [3.63, 3.8) is 0 Å². The van der Waals surface area contributed by atoms with Gasteiger partial charge in [-0.25, -0.2) is 19.0 Å². The molecule has 0 saturated carbocycles. The highest BCUT2D eigenvalue weighted by Gasteiger charge is 2.24. The number of amidine groups is 1. The Labute approximate surface area is 165 Å². The van der Waals surface area contributed by atoms with Crippen LogP contribution in [0.25, 0.3) is 11.8 Å². The lowest BCUT2D eigenvalue weighted by atomic mass is 10.1. The van der Waals surface area contributed by atoms with Crippen LogP contribution in [0.4, 0.5) is 10.1 Å². The first kappa shape index (κ1) is 18.1. The third-order valence-corrected chi connectivity index (χ3v) is 5.15. The van der Waals surface area contributed by atoms with E-state index < -0.39 is 5.82 Å². The van der Waals surface area contributed by atoms with Gasteiger partial charge in [0.1, 0.15) is 24.2 Å². The average Bonchev–Trinajstić information content (AvgIpc) is 3.29. The minimum absolute atomic E-state index is 0.254. The molecule has 3 aromatic rings. The summed E-state index contributed by atoms with van der Waals surface area (Å²) in [6, 6.07) is 10.6. The van der Waals surface area contributed by atoms with Crippen molar-refractivity contribution in [1.29, 1.82) is 0 Å². The van der Waals surface area contributed by atoms with Gasteiger partial charge in [0.15, 0.2) is 5.17 Å². The summed E-state index contributed by atoms with van der Waals surface area (Å²) < 4.78 is 15.7. The molecule has 1 amide bonds. The lowest BCUT2D eigenvalue weighted by Crippen LogP contribution is -2.19. The summed E-state index contributed by atoms with van der Waals surface area (Å²) in [5.41, 5.74) is 3.78. The zero-order valence-electron chi connectivity index (χ0n) is 15.2. The highest BCUT2D eigenvalue weighted by Crippen LogP contribution is 2.31. The average molecular weight is 393 g/mol. The van der Waals surface area contributed by atoms with E-state index in [1.54, 1.807) is 18.2 Å². The van der Waals surface area contributed by atoms with Gasteiger partial charge in [0, 0.05) is 0 Å². The van der Waals surface area contributed by atoms with Crippen molar-refractivity contribution in [1.82, 2.24) is 20.1 Å². The molecule has 1 aromatic heterocycles. The fraction of sp³-hybridized carbons (Fsp3) is 0.100. The van der Waals surface area contributed by atoms with Crippen LogP contribution in [0.1, 0.15) is 16.7 Å². The number of thioether (sulfide) groups is 1. The molecule has 8 heteroatoms. The summed E-state index contributed by atoms with van der Waals surface area (Å²) in [6.07, 6.45) is 4.40. The van der Waals surface area contributed by atoms with Gasteiger partial charge in [-0.15, -0.1) is 0 Å². The number of carbonyl (C=O) groups excluding carboxylic acids is 1. The maximum absolute atomic E-state index is 14.4. The monoisotopic (exact) mass is 393 g/mol. The van der Waals surface area contributed by atoms with Gasteiger partial charge >= 0.3 is 0 Å². The Morgan fingerprint density at radius 1 is 1.21 bits per heavy atom. The van der Waals surface area contributed by atoms with Crippen LogP contribution < -0.4 is 5.32 Å². The Kier molecular flexibility index (Phi) is 4.79. The molecular formula is C20H16FN5OS. The zero-order valence-corrected chi connectivity index (χ0v) is 16.0. The molecule has 0 bridgehead atoms. The van der Waals surface area contributed by atoms with Crippen LogP contribution in [0, 0.1) is 19.7 Å². The van der Waals surface area contributed by atoms with E-state index in [0.717, 1.165) is 16.8 Å². The summed E-state index contributed by atoms with van der Waals surface area (Å²) in [6.45, 7) is 3.95. The van der Waals surface area contributed by atoms with Crippen molar-refractivity contribution in [2.75, 3.05) is 0 Å². The van der Waals surface area contributed by atoms with Crippen molar-refractivity contribution >= 4 is 34.6 Å². The molecule has 1 fully saturated rings. The summed E-state index contributed by atoms with van der Waals surface area (Å²) in [4.78, 5) is 21.1. The van der Waals surface area contributed by atoms with Crippen molar-refractivity contribution in [2.45, 2.75) is 13.8 Å². The maximum Gasteiger partial charge on any atom is 0.264 e. The van der Waals surface area contributed by atoms with Crippen LogP contribution in [0.15, 0.2) is 59.0 Å². The molecule has 6 nitrogen and oxygen atoms in total. The van der Waals surface area contributed by atoms with Crippen molar-refractivity contribution in [2.24, 2.45) is 4.99 Å². The van der Waals surface area contributed by atoms with E-state index in [4.69, 9.17) is 0 Å². The molecule has 1 N–H and O–H groups in total. The minimum atomic E-state index is -0.451. The van der Waals surface area contributed by atoms with Crippen LogP contribution >= 0.6 is 11.8 Å². The lowest BCUT2D eigenvalue weighted by Gasteiger charge is -2.04.